The number of amides is 1. The highest BCUT2D eigenvalue weighted by Gasteiger charge is 2.24. The van der Waals surface area contributed by atoms with Crippen LogP contribution in [0.15, 0.2) is 54.6 Å². The third-order valence-electron chi connectivity index (χ3n) is 4.78. The average molecular weight is 316 g/mol. The summed E-state index contributed by atoms with van der Waals surface area (Å²) in [6.45, 7) is 5.42. The van der Waals surface area contributed by atoms with E-state index in [1.165, 1.54) is 16.7 Å². The summed E-state index contributed by atoms with van der Waals surface area (Å²) < 4.78 is 0. The Morgan fingerprint density at radius 3 is 2.67 bits per heavy atom. The number of benzene rings is 2. The van der Waals surface area contributed by atoms with Gasteiger partial charge in [-0.05, 0) is 42.7 Å². The van der Waals surface area contributed by atoms with Crippen LogP contribution in [0.25, 0.3) is 16.5 Å². The Bertz CT molecular complexity index is 951. The number of nitrogens with one attached hydrogen (secondary N) is 1. The Morgan fingerprint density at radius 2 is 1.88 bits per heavy atom. The van der Waals surface area contributed by atoms with Gasteiger partial charge >= 0.3 is 0 Å². The van der Waals surface area contributed by atoms with Crippen LogP contribution < -0.4 is 0 Å². The van der Waals surface area contributed by atoms with Crippen molar-refractivity contribution < 1.29 is 4.79 Å². The molecule has 1 aromatic heterocycles. The topological polar surface area (TPSA) is 36.1 Å². The first-order valence-corrected chi connectivity index (χ1v) is 8.26. The van der Waals surface area contributed by atoms with Gasteiger partial charge in [0.2, 0.25) is 0 Å². The minimum atomic E-state index is 0.0727. The molecule has 1 aliphatic heterocycles. The van der Waals surface area contributed by atoms with Crippen molar-refractivity contribution in [1.29, 1.82) is 0 Å². The van der Waals surface area contributed by atoms with Crippen LogP contribution in [0.1, 0.15) is 27.2 Å². The fourth-order valence-electron chi connectivity index (χ4n) is 3.38. The van der Waals surface area contributed by atoms with Crippen LogP contribution in [0.4, 0.5) is 0 Å². The molecule has 0 radical (unpaired) electrons. The predicted molar refractivity (Wildman–Crippen MR) is 98.1 cm³/mol. The van der Waals surface area contributed by atoms with Crippen LogP contribution in [0.2, 0.25) is 0 Å². The molecule has 4 rings (SSSR count). The summed E-state index contributed by atoms with van der Waals surface area (Å²) in [5, 5.41) is 1.13. The molecular weight excluding hydrogens is 296 g/mol. The van der Waals surface area contributed by atoms with Gasteiger partial charge in [-0.3, -0.25) is 4.79 Å². The van der Waals surface area contributed by atoms with Crippen LogP contribution in [0, 0.1) is 13.8 Å². The molecule has 0 saturated carbocycles. The molecular formula is C21H20N2O. The van der Waals surface area contributed by atoms with E-state index in [1.54, 1.807) is 0 Å². The monoisotopic (exact) mass is 316 g/mol. The number of carbonyl (C=O) groups is 1. The van der Waals surface area contributed by atoms with Gasteiger partial charge in [0.15, 0.2) is 0 Å². The Hall–Kier alpha value is -2.81. The van der Waals surface area contributed by atoms with Crippen LogP contribution in [0.5, 0.6) is 0 Å². The van der Waals surface area contributed by atoms with E-state index in [9.17, 15) is 4.79 Å². The lowest BCUT2D eigenvalue weighted by atomic mass is 10.1. The highest BCUT2D eigenvalue weighted by molar-refractivity contribution is 6.02. The molecule has 1 aliphatic rings. The number of aryl methyl sites for hydroxylation is 2. The van der Waals surface area contributed by atoms with E-state index < -0.39 is 0 Å². The molecule has 3 nitrogen and oxygen atoms in total. The SMILES string of the molecule is Cc1ccc2[nH]c(C(=O)N3CC=C(c4ccccc4)C3)c(C)c2c1. The summed E-state index contributed by atoms with van der Waals surface area (Å²) in [6, 6.07) is 16.5. The number of hydrogen-bond donors (Lipinski definition) is 1. The van der Waals surface area contributed by atoms with Gasteiger partial charge in [0, 0.05) is 24.0 Å². The molecule has 1 amide bonds. The minimum absolute atomic E-state index is 0.0727. The molecule has 0 aliphatic carbocycles. The molecule has 0 bridgehead atoms. The van der Waals surface area contributed by atoms with E-state index in [0.29, 0.717) is 18.8 Å². The van der Waals surface area contributed by atoms with Crippen molar-refractivity contribution in [1.82, 2.24) is 9.88 Å². The van der Waals surface area contributed by atoms with Crippen molar-refractivity contribution in [3.8, 4) is 0 Å². The van der Waals surface area contributed by atoms with Crippen molar-refractivity contribution >= 4 is 22.4 Å². The van der Waals surface area contributed by atoms with E-state index in [-0.39, 0.29) is 5.91 Å². The molecule has 120 valence electrons. The number of rotatable bonds is 2. The first-order chi connectivity index (χ1) is 11.6. The number of nitrogens with zero attached hydrogens (tertiary/aromatic N) is 1. The molecule has 0 fully saturated rings. The van der Waals surface area contributed by atoms with Crippen LogP contribution in [-0.4, -0.2) is 28.9 Å². The zero-order valence-corrected chi connectivity index (χ0v) is 14.0. The van der Waals surface area contributed by atoms with Crippen LogP contribution in [-0.2, 0) is 0 Å². The van der Waals surface area contributed by atoms with Crippen molar-refractivity contribution in [2.24, 2.45) is 0 Å². The zero-order chi connectivity index (χ0) is 16.7. The lowest BCUT2D eigenvalue weighted by molar-refractivity contribution is 0.0796. The highest BCUT2D eigenvalue weighted by Crippen LogP contribution is 2.26. The second-order valence-electron chi connectivity index (χ2n) is 6.46. The van der Waals surface area contributed by atoms with E-state index in [4.69, 9.17) is 0 Å². The summed E-state index contributed by atoms with van der Waals surface area (Å²) in [6.07, 6.45) is 2.15. The second-order valence-corrected chi connectivity index (χ2v) is 6.46. The van der Waals surface area contributed by atoms with E-state index in [1.807, 2.05) is 36.1 Å². The number of hydrogen-bond acceptors (Lipinski definition) is 1. The Balaban J connectivity index is 1.61. The molecule has 0 saturated heterocycles. The lowest BCUT2D eigenvalue weighted by Crippen LogP contribution is -2.29. The molecule has 0 spiro atoms. The molecule has 2 heterocycles. The van der Waals surface area contributed by atoms with Gasteiger partial charge in [-0.2, -0.15) is 0 Å². The average Bonchev–Trinajstić information content (AvgIpc) is 3.21. The summed E-state index contributed by atoms with van der Waals surface area (Å²) in [4.78, 5) is 18.2. The molecule has 0 unspecified atom stereocenters. The van der Waals surface area contributed by atoms with Crippen molar-refractivity contribution in [3.05, 3.63) is 77.0 Å². The van der Waals surface area contributed by atoms with E-state index >= 15 is 0 Å². The molecule has 0 atom stereocenters. The number of fused-ring (bicyclic) bond motifs is 1. The predicted octanol–water partition coefficient (Wildman–Crippen LogP) is 4.32. The molecule has 3 heteroatoms. The third-order valence-corrected chi connectivity index (χ3v) is 4.78. The van der Waals surface area contributed by atoms with Crippen LogP contribution in [0.3, 0.4) is 0 Å². The molecule has 3 aromatic rings. The number of aromatic nitrogens is 1. The Morgan fingerprint density at radius 1 is 1.08 bits per heavy atom. The van der Waals surface area contributed by atoms with Gasteiger partial charge in [0.1, 0.15) is 5.69 Å². The molecule has 2 aromatic carbocycles. The summed E-state index contributed by atoms with van der Waals surface area (Å²) in [5.74, 6) is 0.0727. The van der Waals surface area contributed by atoms with E-state index in [2.05, 4.69) is 42.2 Å². The van der Waals surface area contributed by atoms with Gasteiger partial charge in [-0.25, -0.2) is 0 Å². The van der Waals surface area contributed by atoms with Gasteiger partial charge in [0.25, 0.3) is 5.91 Å². The van der Waals surface area contributed by atoms with Crippen LogP contribution >= 0.6 is 0 Å². The fraction of sp³-hybridized carbons (Fsp3) is 0.190. The number of carbonyl (C=O) groups excluding carboxylic acids is 1. The Kier molecular flexibility index (Phi) is 3.49. The van der Waals surface area contributed by atoms with Crippen molar-refractivity contribution in [3.63, 3.8) is 0 Å². The van der Waals surface area contributed by atoms with Crippen molar-refractivity contribution in [2.75, 3.05) is 13.1 Å². The maximum absolute atomic E-state index is 13.0. The van der Waals surface area contributed by atoms with Gasteiger partial charge in [-0.1, -0.05) is 48.0 Å². The van der Waals surface area contributed by atoms with Gasteiger partial charge < -0.3 is 9.88 Å². The molecule has 1 N–H and O–H groups in total. The maximum Gasteiger partial charge on any atom is 0.271 e. The quantitative estimate of drug-likeness (QED) is 0.751. The zero-order valence-electron chi connectivity index (χ0n) is 14.0. The summed E-state index contributed by atoms with van der Waals surface area (Å²) in [5.41, 5.74) is 6.38. The van der Waals surface area contributed by atoms with Gasteiger partial charge in [0.05, 0.1) is 0 Å². The highest BCUT2D eigenvalue weighted by atomic mass is 16.2. The summed E-state index contributed by atoms with van der Waals surface area (Å²) in [7, 11) is 0. The number of aromatic amines is 1. The molecule has 24 heavy (non-hydrogen) atoms. The lowest BCUT2D eigenvalue weighted by Gasteiger charge is -2.16. The largest absolute Gasteiger partial charge is 0.350 e. The normalized spacial score (nSPS) is 14.2. The van der Waals surface area contributed by atoms with E-state index in [0.717, 1.165) is 16.5 Å². The minimum Gasteiger partial charge on any atom is -0.350 e. The summed E-state index contributed by atoms with van der Waals surface area (Å²) >= 11 is 0. The first kappa shape index (κ1) is 14.8. The second kappa shape index (κ2) is 5.68. The standard InChI is InChI=1S/C21H20N2O/c1-14-8-9-19-18(12-14)15(2)20(22-19)21(24)23-11-10-17(13-23)16-6-4-3-5-7-16/h3-10,12,22H,11,13H2,1-2H3. The fourth-order valence-corrected chi connectivity index (χ4v) is 3.38. The first-order valence-electron chi connectivity index (χ1n) is 8.26. The van der Waals surface area contributed by atoms with Gasteiger partial charge in [-0.15, -0.1) is 0 Å². The van der Waals surface area contributed by atoms with Crippen molar-refractivity contribution in [2.45, 2.75) is 13.8 Å². The smallest absolute Gasteiger partial charge is 0.271 e. The third kappa shape index (κ3) is 2.42. The maximum atomic E-state index is 13.0. The Labute approximate surface area is 141 Å². The number of H-pyrrole nitrogens is 1.